The van der Waals surface area contributed by atoms with Crippen LogP contribution < -0.4 is 5.32 Å². The summed E-state index contributed by atoms with van der Waals surface area (Å²) in [5, 5.41) is 12.2. The van der Waals surface area contributed by atoms with Crippen molar-refractivity contribution in [2.75, 3.05) is 6.54 Å². The van der Waals surface area contributed by atoms with Crippen LogP contribution in [0.25, 0.3) is 0 Å². The molecule has 0 radical (unpaired) electrons. The van der Waals surface area contributed by atoms with Gasteiger partial charge in [0, 0.05) is 19.8 Å². The van der Waals surface area contributed by atoms with Crippen molar-refractivity contribution in [3.63, 3.8) is 0 Å². The van der Waals surface area contributed by atoms with E-state index < -0.39 is 0 Å². The molecule has 1 rings (SSSR count). The van der Waals surface area contributed by atoms with Gasteiger partial charge in [-0.15, -0.1) is 0 Å². The first-order chi connectivity index (χ1) is 7.77. The molecule has 1 heterocycles. The number of nitrogens with zero attached hydrogens (tertiary/aromatic N) is 2. The highest BCUT2D eigenvalue weighted by Gasteiger charge is 2.00. The maximum absolute atomic E-state index is 8.81. The van der Waals surface area contributed by atoms with Crippen LogP contribution >= 0.6 is 0 Å². The number of aromatic nitrogens is 1. The summed E-state index contributed by atoms with van der Waals surface area (Å²) in [5.74, 6) is 0. The normalized spacial score (nSPS) is 10.3. The van der Waals surface area contributed by atoms with Gasteiger partial charge in [0.2, 0.25) is 0 Å². The second-order valence-corrected chi connectivity index (χ2v) is 4.19. The molecular weight excluding hydrogens is 198 g/mol. The summed E-state index contributed by atoms with van der Waals surface area (Å²) >= 11 is 0. The summed E-state index contributed by atoms with van der Waals surface area (Å²) in [6.07, 6.45) is 7.17. The topological polar surface area (TPSA) is 40.8 Å². The Morgan fingerprint density at radius 2 is 2.19 bits per heavy atom. The molecule has 0 fully saturated rings. The van der Waals surface area contributed by atoms with Crippen molar-refractivity contribution in [3.8, 4) is 6.07 Å². The molecule has 0 aliphatic heterocycles. The van der Waals surface area contributed by atoms with Crippen LogP contribution in [0.4, 0.5) is 0 Å². The monoisotopic (exact) mass is 219 g/mol. The summed E-state index contributed by atoms with van der Waals surface area (Å²) in [7, 11) is 1.91. The molecule has 0 spiro atoms. The molecule has 0 aromatic carbocycles. The van der Waals surface area contributed by atoms with Crippen molar-refractivity contribution in [2.24, 2.45) is 7.05 Å². The summed E-state index contributed by atoms with van der Waals surface area (Å²) < 4.78 is 1.87. The van der Waals surface area contributed by atoms with Gasteiger partial charge in [-0.1, -0.05) is 26.2 Å². The van der Waals surface area contributed by atoms with Crippen LogP contribution in [0.3, 0.4) is 0 Å². The smallest absolute Gasteiger partial charge is 0.120 e. The zero-order chi connectivity index (χ0) is 11.8. The van der Waals surface area contributed by atoms with Crippen molar-refractivity contribution in [1.29, 1.82) is 5.26 Å². The quantitative estimate of drug-likeness (QED) is 0.716. The number of rotatable bonds is 7. The van der Waals surface area contributed by atoms with Gasteiger partial charge in [0.25, 0.3) is 0 Å². The van der Waals surface area contributed by atoms with E-state index >= 15 is 0 Å². The van der Waals surface area contributed by atoms with Crippen LogP contribution in [0, 0.1) is 11.3 Å². The number of nitriles is 1. The van der Waals surface area contributed by atoms with Gasteiger partial charge in [0.1, 0.15) is 11.8 Å². The van der Waals surface area contributed by atoms with Crippen LogP contribution in [-0.4, -0.2) is 11.1 Å². The Morgan fingerprint density at radius 1 is 1.38 bits per heavy atom. The molecule has 0 aliphatic carbocycles. The Hall–Kier alpha value is -1.27. The number of unbranched alkanes of at least 4 members (excludes halogenated alkanes) is 3. The third-order valence-corrected chi connectivity index (χ3v) is 2.71. The molecule has 3 nitrogen and oxygen atoms in total. The fourth-order valence-corrected chi connectivity index (χ4v) is 1.75. The highest BCUT2D eigenvalue weighted by atomic mass is 14.9. The van der Waals surface area contributed by atoms with Crippen molar-refractivity contribution >= 4 is 0 Å². The fourth-order valence-electron chi connectivity index (χ4n) is 1.75. The number of hydrogen-bond donors (Lipinski definition) is 1. The third-order valence-electron chi connectivity index (χ3n) is 2.71. The first-order valence-corrected chi connectivity index (χ1v) is 6.04. The maximum atomic E-state index is 8.81. The SMILES string of the molecule is CCCCCCNCc1cc(C#N)n(C)c1. The third kappa shape index (κ3) is 4.08. The fraction of sp³-hybridized carbons (Fsp3) is 0.615. The molecule has 16 heavy (non-hydrogen) atoms. The van der Waals surface area contributed by atoms with Gasteiger partial charge in [-0.25, -0.2) is 0 Å². The van der Waals surface area contributed by atoms with E-state index in [1.165, 1.54) is 31.2 Å². The van der Waals surface area contributed by atoms with Crippen molar-refractivity contribution in [2.45, 2.75) is 39.2 Å². The first-order valence-electron chi connectivity index (χ1n) is 6.04. The van der Waals surface area contributed by atoms with Crippen LogP contribution in [0.1, 0.15) is 43.9 Å². The molecule has 0 atom stereocenters. The Kier molecular flexibility index (Phi) is 5.66. The Morgan fingerprint density at radius 3 is 2.81 bits per heavy atom. The summed E-state index contributed by atoms with van der Waals surface area (Å²) in [6, 6.07) is 4.11. The highest BCUT2D eigenvalue weighted by Crippen LogP contribution is 2.05. The van der Waals surface area contributed by atoms with Gasteiger partial charge < -0.3 is 9.88 Å². The molecule has 0 aliphatic rings. The second-order valence-electron chi connectivity index (χ2n) is 4.19. The standard InChI is InChI=1S/C13H21N3/c1-3-4-5-6-7-15-10-12-8-13(9-14)16(2)11-12/h8,11,15H,3-7,10H2,1-2H3. The Bertz CT molecular complexity index is 347. The molecular formula is C13H21N3. The minimum atomic E-state index is 0.725. The van der Waals surface area contributed by atoms with Gasteiger partial charge in [-0.2, -0.15) is 5.26 Å². The molecule has 0 unspecified atom stereocenters. The zero-order valence-electron chi connectivity index (χ0n) is 10.3. The average Bonchev–Trinajstić information content (AvgIpc) is 2.64. The van der Waals surface area contributed by atoms with Crippen molar-refractivity contribution < 1.29 is 0 Å². The lowest BCUT2D eigenvalue weighted by atomic mass is 10.2. The molecule has 1 aromatic rings. The molecule has 0 bridgehead atoms. The average molecular weight is 219 g/mol. The lowest BCUT2D eigenvalue weighted by molar-refractivity contribution is 0.598. The zero-order valence-corrected chi connectivity index (χ0v) is 10.3. The Balaban J connectivity index is 2.20. The van der Waals surface area contributed by atoms with E-state index in [0.29, 0.717) is 0 Å². The van der Waals surface area contributed by atoms with E-state index in [2.05, 4.69) is 18.3 Å². The molecule has 0 saturated heterocycles. The molecule has 0 saturated carbocycles. The van der Waals surface area contributed by atoms with Crippen LogP contribution in [0.5, 0.6) is 0 Å². The van der Waals surface area contributed by atoms with Gasteiger partial charge in [0.05, 0.1) is 0 Å². The van der Waals surface area contributed by atoms with E-state index in [-0.39, 0.29) is 0 Å². The predicted octanol–water partition coefficient (Wildman–Crippen LogP) is 2.57. The minimum Gasteiger partial charge on any atom is -0.342 e. The molecule has 3 heteroatoms. The van der Waals surface area contributed by atoms with Gasteiger partial charge in [0.15, 0.2) is 0 Å². The van der Waals surface area contributed by atoms with Gasteiger partial charge >= 0.3 is 0 Å². The van der Waals surface area contributed by atoms with E-state index in [1.807, 2.05) is 23.9 Å². The van der Waals surface area contributed by atoms with E-state index in [9.17, 15) is 0 Å². The molecule has 1 N–H and O–H groups in total. The van der Waals surface area contributed by atoms with E-state index in [4.69, 9.17) is 5.26 Å². The first kappa shape index (κ1) is 12.8. The lowest BCUT2D eigenvalue weighted by Gasteiger charge is -2.02. The minimum absolute atomic E-state index is 0.725. The van der Waals surface area contributed by atoms with Crippen molar-refractivity contribution in [3.05, 3.63) is 23.5 Å². The summed E-state index contributed by atoms with van der Waals surface area (Å²) in [5.41, 5.74) is 1.91. The highest BCUT2D eigenvalue weighted by molar-refractivity contribution is 5.28. The van der Waals surface area contributed by atoms with Crippen molar-refractivity contribution in [1.82, 2.24) is 9.88 Å². The lowest BCUT2D eigenvalue weighted by Crippen LogP contribution is -2.14. The number of aryl methyl sites for hydroxylation is 1. The summed E-state index contributed by atoms with van der Waals surface area (Å²) in [6.45, 7) is 4.15. The van der Waals surface area contributed by atoms with Crippen LogP contribution in [0.2, 0.25) is 0 Å². The number of hydrogen-bond acceptors (Lipinski definition) is 2. The van der Waals surface area contributed by atoms with E-state index in [0.717, 1.165) is 18.8 Å². The van der Waals surface area contributed by atoms with Crippen LogP contribution in [-0.2, 0) is 13.6 Å². The molecule has 1 aromatic heterocycles. The Labute approximate surface area is 98.1 Å². The van der Waals surface area contributed by atoms with Gasteiger partial charge in [-0.05, 0) is 24.6 Å². The molecule has 88 valence electrons. The second kappa shape index (κ2) is 7.08. The summed E-state index contributed by atoms with van der Waals surface area (Å²) in [4.78, 5) is 0. The van der Waals surface area contributed by atoms with E-state index in [1.54, 1.807) is 0 Å². The number of nitrogens with one attached hydrogen (secondary N) is 1. The van der Waals surface area contributed by atoms with Crippen LogP contribution in [0.15, 0.2) is 12.3 Å². The maximum Gasteiger partial charge on any atom is 0.120 e. The molecule has 0 amide bonds. The predicted molar refractivity (Wildman–Crippen MR) is 66.0 cm³/mol. The largest absolute Gasteiger partial charge is 0.342 e. The van der Waals surface area contributed by atoms with Gasteiger partial charge in [-0.3, -0.25) is 0 Å².